The second-order valence-corrected chi connectivity index (χ2v) is 2.95. The van der Waals surface area contributed by atoms with Gasteiger partial charge >= 0.3 is 0 Å². The summed E-state index contributed by atoms with van der Waals surface area (Å²) in [6.07, 6.45) is 0.707. The third-order valence-electron chi connectivity index (χ3n) is 1.59. The number of halogens is 2. The fourth-order valence-electron chi connectivity index (χ4n) is 0.974. The molecule has 2 nitrogen and oxygen atoms in total. The van der Waals surface area contributed by atoms with Crippen LogP contribution in [-0.4, -0.2) is 5.11 Å². The van der Waals surface area contributed by atoms with E-state index >= 15 is 0 Å². The van der Waals surface area contributed by atoms with Crippen LogP contribution in [0.25, 0.3) is 0 Å². The molecule has 0 fully saturated rings. The number of nitrogens with zero attached hydrogens (tertiary/aromatic N) is 1. The molecule has 0 heterocycles. The Morgan fingerprint density at radius 3 is 2.77 bits per heavy atom. The van der Waals surface area contributed by atoms with E-state index in [1.54, 1.807) is 0 Å². The van der Waals surface area contributed by atoms with Crippen LogP contribution in [0.2, 0.25) is 5.02 Å². The van der Waals surface area contributed by atoms with Crippen molar-refractivity contribution in [2.75, 3.05) is 0 Å². The molecule has 1 N–H and O–H groups in total. The third kappa shape index (κ3) is 2.33. The first-order valence-corrected chi connectivity index (χ1v) is 4.06. The van der Waals surface area contributed by atoms with E-state index in [1.807, 2.05) is 6.07 Å². The summed E-state index contributed by atoms with van der Waals surface area (Å²) in [6.45, 7) is 0. The quantitative estimate of drug-likeness (QED) is 0.796. The molecule has 0 saturated carbocycles. The molecule has 0 aliphatic heterocycles. The Balaban J connectivity index is 2.94. The van der Waals surface area contributed by atoms with E-state index in [-0.39, 0.29) is 10.8 Å². The van der Waals surface area contributed by atoms with Gasteiger partial charge < -0.3 is 5.11 Å². The zero-order chi connectivity index (χ0) is 9.84. The lowest BCUT2D eigenvalue weighted by molar-refractivity contribution is 0.468. The minimum absolute atomic E-state index is 0.277. The maximum Gasteiger partial charge on any atom is 0.145 e. The van der Waals surface area contributed by atoms with E-state index in [9.17, 15) is 4.39 Å². The molecular formula is C9H7ClFNO. The van der Waals surface area contributed by atoms with Crippen LogP contribution in [0, 0.1) is 17.1 Å². The monoisotopic (exact) mass is 199 g/mol. The number of phenolic OH excluding ortho intramolecular Hbond substituents is 1. The smallest absolute Gasteiger partial charge is 0.145 e. The van der Waals surface area contributed by atoms with Gasteiger partial charge in [0.25, 0.3) is 0 Å². The fraction of sp³-hybridized carbons (Fsp3) is 0.222. The van der Waals surface area contributed by atoms with Gasteiger partial charge in [-0.2, -0.15) is 5.26 Å². The molecule has 0 bridgehead atoms. The van der Waals surface area contributed by atoms with Crippen molar-refractivity contribution in [1.29, 1.82) is 5.26 Å². The van der Waals surface area contributed by atoms with E-state index in [2.05, 4.69) is 0 Å². The van der Waals surface area contributed by atoms with Crippen molar-refractivity contribution in [3.63, 3.8) is 0 Å². The van der Waals surface area contributed by atoms with Crippen molar-refractivity contribution >= 4 is 11.6 Å². The predicted molar refractivity (Wildman–Crippen MR) is 47.0 cm³/mol. The molecule has 0 aliphatic carbocycles. The van der Waals surface area contributed by atoms with E-state index in [0.29, 0.717) is 18.4 Å². The molecular weight excluding hydrogens is 193 g/mol. The summed E-state index contributed by atoms with van der Waals surface area (Å²) in [6, 6.07) is 4.52. The van der Waals surface area contributed by atoms with Crippen LogP contribution in [0.5, 0.6) is 5.75 Å². The topological polar surface area (TPSA) is 44.0 Å². The van der Waals surface area contributed by atoms with Gasteiger partial charge in [0.15, 0.2) is 0 Å². The Labute approximate surface area is 80.2 Å². The van der Waals surface area contributed by atoms with Crippen molar-refractivity contribution in [3.8, 4) is 11.8 Å². The lowest BCUT2D eigenvalue weighted by atomic mass is 10.1. The molecule has 0 amide bonds. The molecule has 4 heteroatoms. The van der Waals surface area contributed by atoms with Crippen LogP contribution in [-0.2, 0) is 6.42 Å². The molecule has 1 aromatic rings. The number of hydrogen-bond donors (Lipinski definition) is 1. The third-order valence-corrected chi connectivity index (χ3v) is 1.97. The lowest BCUT2D eigenvalue weighted by Crippen LogP contribution is -1.87. The predicted octanol–water partition coefficient (Wildman–Crippen LogP) is 2.64. The highest BCUT2D eigenvalue weighted by atomic mass is 35.5. The van der Waals surface area contributed by atoms with Crippen LogP contribution < -0.4 is 0 Å². The van der Waals surface area contributed by atoms with Gasteiger partial charge in [-0.3, -0.25) is 0 Å². The summed E-state index contributed by atoms with van der Waals surface area (Å²) >= 11 is 5.39. The Morgan fingerprint density at radius 2 is 2.23 bits per heavy atom. The van der Waals surface area contributed by atoms with Gasteiger partial charge in [-0.15, -0.1) is 0 Å². The highest BCUT2D eigenvalue weighted by Gasteiger charge is 2.07. The van der Waals surface area contributed by atoms with E-state index in [4.69, 9.17) is 22.0 Å². The number of rotatable bonds is 2. The normalized spacial score (nSPS) is 9.62. The molecule has 0 atom stereocenters. The van der Waals surface area contributed by atoms with Gasteiger partial charge in [0.05, 0.1) is 6.07 Å². The molecule has 0 spiro atoms. The number of hydrogen-bond acceptors (Lipinski definition) is 2. The molecule has 0 saturated heterocycles. The average molecular weight is 200 g/mol. The zero-order valence-electron chi connectivity index (χ0n) is 6.72. The number of phenols is 1. The van der Waals surface area contributed by atoms with E-state index in [1.165, 1.54) is 12.1 Å². The Kier molecular flexibility index (Phi) is 3.10. The summed E-state index contributed by atoms with van der Waals surface area (Å²) in [5.74, 6) is -0.941. The van der Waals surface area contributed by atoms with Gasteiger partial charge in [-0.1, -0.05) is 11.6 Å². The Morgan fingerprint density at radius 1 is 1.54 bits per heavy atom. The highest BCUT2D eigenvalue weighted by Crippen LogP contribution is 2.27. The summed E-state index contributed by atoms with van der Waals surface area (Å²) in [5.41, 5.74) is 0.570. The number of benzene rings is 1. The van der Waals surface area contributed by atoms with Crippen LogP contribution in [0.4, 0.5) is 4.39 Å². The summed E-state index contributed by atoms with van der Waals surface area (Å²) in [4.78, 5) is 0. The maximum atomic E-state index is 12.9. The second-order valence-electron chi connectivity index (χ2n) is 2.57. The SMILES string of the molecule is N#CCCc1cc(O)c(Cl)c(F)c1. The highest BCUT2D eigenvalue weighted by molar-refractivity contribution is 6.32. The van der Waals surface area contributed by atoms with Crippen LogP contribution in [0.15, 0.2) is 12.1 Å². The van der Waals surface area contributed by atoms with E-state index < -0.39 is 5.82 Å². The summed E-state index contributed by atoms with van der Waals surface area (Å²) in [7, 11) is 0. The molecule has 0 aliphatic rings. The van der Waals surface area contributed by atoms with Crippen molar-refractivity contribution in [2.45, 2.75) is 12.8 Å². The average Bonchev–Trinajstić information content (AvgIpc) is 2.10. The zero-order valence-corrected chi connectivity index (χ0v) is 7.48. The van der Waals surface area contributed by atoms with Gasteiger partial charge in [0, 0.05) is 6.42 Å². The molecule has 0 aromatic heterocycles. The molecule has 13 heavy (non-hydrogen) atoms. The fourth-order valence-corrected chi connectivity index (χ4v) is 1.08. The molecule has 68 valence electrons. The molecule has 1 rings (SSSR count). The second kappa shape index (κ2) is 4.11. The van der Waals surface area contributed by atoms with Gasteiger partial charge in [-0.05, 0) is 24.1 Å². The van der Waals surface area contributed by atoms with Crippen molar-refractivity contribution in [3.05, 3.63) is 28.5 Å². The van der Waals surface area contributed by atoms with E-state index in [0.717, 1.165) is 0 Å². The summed E-state index contributed by atoms with van der Waals surface area (Å²) in [5, 5.41) is 17.1. The minimum Gasteiger partial charge on any atom is -0.506 e. The van der Waals surface area contributed by atoms with Crippen molar-refractivity contribution < 1.29 is 9.50 Å². The first kappa shape index (κ1) is 9.82. The number of aryl methyl sites for hydroxylation is 1. The largest absolute Gasteiger partial charge is 0.506 e. The van der Waals surface area contributed by atoms with Crippen molar-refractivity contribution in [2.24, 2.45) is 0 Å². The number of aromatic hydroxyl groups is 1. The molecule has 0 unspecified atom stereocenters. The molecule has 1 aromatic carbocycles. The maximum absolute atomic E-state index is 12.9. The minimum atomic E-state index is -0.658. The number of nitriles is 1. The Hall–Kier alpha value is -1.27. The van der Waals surface area contributed by atoms with Crippen LogP contribution >= 0.6 is 11.6 Å². The first-order valence-electron chi connectivity index (χ1n) is 3.69. The van der Waals surface area contributed by atoms with Crippen molar-refractivity contribution in [1.82, 2.24) is 0 Å². The summed E-state index contributed by atoms with van der Waals surface area (Å²) < 4.78 is 12.9. The Bertz CT molecular complexity index is 336. The van der Waals surface area contributed by atoms with Gasteiger partial charge in [0.2, 0.25) is 0 Å². The van der Waals surface area contributed by atoms with Crippen LogP contribution in [0.3, 0.4) is 0 Å². The molecule has 0 radical (unpaired) electrons. The van der Waals surface area contributed by atoms with Gasteiger partial charge in [0.1, 0.15) is 16.6 Å². The standard InChI is InChI=1S/C9H7ClFNO/c10-9-7(11)4-6(2-1-3-12)5-8(9)13/h4-5,13H,1-2H2. The van der Waals surface area contributed by atoms with Crippen LogP contribution in [0.1, 0.15) is 12.0 Å². The first-order chi connectivity index (χ1) is 6.15. The van der Waals surface area contributed by atoms with Gasteiger partial charge in [-0.25, -0.2) is 4.39 Å². The lowest BCUT2D eigenvalue weighted by Gasteiger charge is -2.02.